The lowest BCUT2D eigenvalue weighted by Crippen LogP contribution is -2.39. The maximum absolute atomic E-state index is 5.46. The van der Waals surface area contributed by atoms with Gasteiger partial charge in [0.15, 0.2) is 0 Å². The van der Waals surface area contributed by atoms with Crippen molar-refractivity contribution in [3.05, 3.63) is 29.8 Å². The third-order valence-electron chi connectivity index (χ3n) is 3.49. The minimum atomic E-state index is 0.277. The van der Waals surface area contributed by atoms with Gasteiger partial charge in [0, 0.05) is 12.1 Å². The van der Waals surface area contributed by atoms with Crippen LogP contribution in [0.1, 0.15) is 53.1 Å². The zero-order chi connectivity index (χ0) is 13.8. The second-order valence-corrected chi connectivity index (χ2v) is 5.98. The Morgan fingerprint density at radius 3 is 2.11 bits per heavy atom. The summed E-state index contributed by atoms with van der Waals surface area (Å²) in [5.41, 5.74) is 1.58. The molecule has 0 fully saturated rings. The Morgan fingerprint density at radius 2 is 1.67 bits per heavy atom. The largest absolute Gasteiger partial charge is 0.494 e. The quantitative estimate of drug-likeness (QED) is 0.845. The molecule has 2 nitrogen and oxygen atoms in total. The number of nitrogens with one attached hydrogen (secondary N) is 1. The van der Waals surface area contributed by atoms with E-state index in [-0.39, 0.29) is 5.41 Å². The fourth-order valence-electron chi connectivity index (χ4n) is 1.74. The highest BCUT2D eigenvalue weighted by Gasteiger charge is 2.21. The third kappa shape index (κ3) is 4.34. The highest BCUT2D eigenvalue weighted by atomic mass is 16.5. The summed E-state index contributed by atoms with van der Waals surface area (Å²) in [7, 11) is 0. The summed E-state index contributed by atoms with van der Waals surface area (Å²) in [4.78, 5) is 0. The minimum absolute atomic E-state index is 0.277. The van der Waals surface area contributed by atoms with Crippen molar-refractivity contribution in [3.8, 4) is 5.75 Å². The van der Waals surface area contributed by atoms with Gasteiger partial charge in [-0.1, -0.05) is 32.9 Å². The van der Waals surface area contributed by atoms with E-state index in [1.165, 1.54) is 5.56 Å². The first-order chi connectivity index (χ1) is 8.34. The van der Waals surface area contributed by atoms with Crippen molar-refractivity contribution < 1.29 is 4.74 Å². The van der Waals surface area contributed by atoms with Crippen molar-refractivity contribution in [2.24, 2.45) is 5.41 Å². The van der Waals surface area contributed by atoms with Crippen LogP contribution in [-0.2, 0) is 0 Å². The van der Waals surface area contributed by atoms with Gasteiger partial charge in [-0.3, -0.25) is 0 Å². The maximum atomic E-state index is 5.46. The molecule has 2 heteroatoms. The first-order valence-electron chi connectivity index (χ1n) is 6.83. The van der Waals surface area contributed by atoms with Gasteiger partial charge in [-0.15, -0.1) is 0 Å². The molecule has 0 aliphatic carbocycles. The number of hydrogen-bond donors (Lipinski definition) is 1. The predicted octanol–water partition coefficient (Wildman–Crippen LogP) is 4.17. The van der Waals surface area contributed by atoms with Crippen molar-refractivity contribution in [3.63, 3.8) is 0 Å². The molecule has 1 rings (SSSR count). The van der Waals surface area contributed by atoms with Gasteiger partial charge < -0.3 is 10.1 Å². The van der Waals surface area contributed by atoms with Gasteiger partial charge in [0.1, 0.15) is 5.75 Å². The predicted molar refractivity (Wildman–Crippen MR) is 78.1 cm³/mol. The van der Waals surface area contributed by atoms with Crippen LogP contribution >= 0.6 is 0 Å². The molecule has 0 saturated carbocycles. The van der Waals surface area contributed by atoms with Crippen molar-refractivity contribution >= 4 is 0 Å². The first-order valence-corrected chi connectivity index (χ1v) is 6.83. The van der Waals surface area contributed by atoms with Crippen LogP contribution in [0.4, 0.5) is 0 Å². The van der Waals surface area contributed by atoms with E-state index in [9.17, 15) is 0 Å². The lowest BCUT2D eigenvalue weighted by Gasteiger charge is -2.31. The highest BCUT2D eigenvalue weighted by Crippen LogP contribution is 2.23. The molecular formula is C16H27NO. The van der Waals surface area contributed by atoms with Crippen LogP contribution in [0.25, 0.3) is 0 Å². The average Bonchev–Trinajstić information content (AvgIpc) is 2.29. The molecule has 1 aromatic carbocycles. The SMILES string of the molecule is CCOc1ccc(C(C)NC(C)C(C)(C)C)cc1. The minimum Gasteiger partial charge on any atom is -0.494 e. The molecule has 102 valence electrons. The van der Waals surface area contributed by atoms with Crippen molar-refractivity contribution in [2.45, 2.75) is 53.6 Å². The summed E-state index contributed by atoms with van der Waals surface area (Å²) in [6, 6.07) is 9.18. The lowest BCUT2D eigenvalue weighted by atomic mass is 9.87. The molecule has 0 aliphatic rings. The van der Waals surface area contributed by atoms with Gasteiger partial charge >= 0.3 is 0 Å². The number of hydrogen-bond acceptors (Lipinski definition) is 2. The average molecular weight is 249 g/mol. The smallest absolute Gasteiger partial charge is 0.119 e. The fraction of sp³-hybridized carbons (Fsp3) is 0.625. The van der Waals surface area contributed by atoms with Crippen LogP contribution in [-0.4, -0.2) is 12.6 Å². The lowest BCUT2D eigenvalue weighted by molar-refractivity contribution is 0.268. The van der Waals surface area contributed by atoms with Crippen LogP contribution in [0.2, 0.25) is 0 Å². The summed E-state index contributed by atoms with van der Waals surface area (Å²) in [5.74, 6) is 0.942. The second-order valence-electron chi connectivity index (χ2n) is 5.98. The van der Waals surface area contributed by atoms with Crippen molar-refractivity contribution in [2.75, 3.05) is 6.61 Å². The Hall–Kier alpha value is -1.02. The monoisotopic (exact) mass is 249 g/mol. The molecule has 0 aliphatic heterocycles. The summed E-state index contributed by atoms with van der Waals surface area (Å²) >= 11 is 0. The molecule has 2 atom stereocenters. The Morgan fingerprint density at radius 1 is 1.11 bits per heavy atom. The Balaban J connectivity index is 2.64. The van der Waals surface area contributed by atoms with E-state index < -0.39 is 0 Å². The molecule has 0 radical (unpaired) electrons. The molecule has 18 heavy (non-hydrogen) atoms. The number of benzene rings is 1. The Labute approximate surface area is 112 Å². The fourth-order valence-corrected chi connectivity index (χ4v) is 1.74. The van der Waals surface area contributed by atoms with Gasteiger partial charge in [-0.2, -0.15) is 0 Å². The summed E-state index contributed by atoms with van der Waals surface area (Å²) in [6.45, 7) is 13.9. The normalized spacial score (nSPS) is 15.2. The highest BCUT2D eigenvalue weighted by molar-refractivity contribution is 5.29. The molecule has 1 N–H and O–H groups in total. The van der Waals surface area contributed by atoms with E-state index in [4.69, 9.17) is 4.74 Å². The molecule has 0 heterocycles. The van der Waals surface area contributed by atoms with Crippen LogP contribution in [0.15, 0.2) is 24.3 Å². The van der Waals surface area contributed by atoms with Gasteiger partial charge in [0.25, 0.3) is 0 Å². The Kier molecular flexibility index (Phi) is 5.21. The summed E-state index contributed by atoms with van der Waals surface area (Å²) in [6.07, 6.45) is 0. The number of rotatable bonds is 5. The van der Waals surface area contributed by atoms with Crippen LogP contribution in [0.3, 0.4) is 0 Å². The Bertz CT molecular complexity index is 350. The molecule has 0 spiro atoms. The first kappa shape index (κ1) is 15.0. The molecule has 0 saturated heterocycles. The zero-order valence-electron chi connectivity index (χ0n) is 12.6. The molecule has 0 aromatic heterocycles. The second kappa shape index (κ2) is 6.24. The summed E-state index contributed by atoms with van der Waals surface area (Å²) < 4.78 is 5.46. The van der Waals surface area contributed by atoms with Crippen molar-refractivity contribution in [1.82, 2.24) is 5.32 Å². The molecular weight excluding hydrogens is 222 g/mol. The van der Waals surface area contributed by atoms with E-state index in [1.54, 1.807) is 0 Å². The summed E-state index contributed by atoms with van der Waals surface area (Å²) in [5, 5.41) is 3.65. The molecule has 0 amide bonds. The van der Waals surface area contributed by atoms with Gasteiger partial charge in [-0.25, -0.2) is 0 Å². The van der Waals surface area contributed by atoms with E-state index in [2.05, 4.69) is 52.1 Å². The third-order valence-corrected chi connectivity index (χ3v) is 3.49. The van der Waals surface area contributed by atoms with Gasteiger partial charge in [0.05, 0.1) is 6.61 Å². The van der Waals surface area contributed by atoms with Crippen LogP contribution in [0, 0.1) is 5.41 Å². The number of ether oxygens (including phenoxy) is 1. The zero-order valence-corrected chi connectivity index (χ0v) is 12.6. The van der Waals surface area contributed by atoms with E-state index in [0.29, 0.717) is 18.7 Å². The standard InChI is InChI=1S/C16H27NO/c1-7-18-15-10-8-14(9-11-15)12(2)17-13(3)16(4,5)6/h8-13,17H,7H2,1-6H3. The maximum Gasteiger partial charge on any atom is 0.119 e. The van der Waals surface area contributed by atoms with E-state index in [1.807, 2.05) is 19.1 Å². The van der Waals surface area contributed by atoms with Crippen LogP contribution in [0.5, 0.6) is 5.75 Å². The topological polar surface area (TPSA) is 21.3 Å². The van der Waals surface area contributed by atoms with E-state index in [0.717, 1.165) is 5.75 Å². The molecule has 0 bridgehead atoms. The van der Waals surface area contributed by atoms with Gasteiger partial charge in [0.2, 0.25) is 0 Å². The van der Waals surface area contributed by atoms with E-state index >= 15 is 0 Å². The molecule has 2 unspecified atom stereocenters. The molecule has 1 aromatic rings. The van der Waals surface area contributed by atoms with Crippen LogP contribution < -0.4 is 10.1 Å². The van der Waals surface area contributed by atoms with Crippen molar-refractivity contribution in [1.29, 1.82) is 0 Å². The van der Waals surface area contributed by atoms with Gasteiger partial charge in [-0.05, 0) is 43.9 Å².